The summed E-state index contributed by atoms with van der Waals surface area (Å²) in [5.74, 6) is 0.350. The van der Waals surface area contributed by atoms with Crippen molar-refractivity contribution in [2.45, 2.75) is 32.1 Å². The van der Waals surface area contributed by atoms with Crippen molar-refractivity contribution in [3.05, 3.63) is 241 Å². The Bertz CT molecular complexity index is 3200. The summed E-state index contributed by atoms with van der Waals surface area (Å²) >= 11 is 0. The molecule has 0 fully saturated rings. The molecule has 11 rings (SSSR count). The van der Waals surface area contributed by atoms with E-state index in [-0.39, 0.29) is 17.3 Å². The minimum atomic E-state index is -0.0747. The van der Waals surface area contributed by atoms with Gasteiger partial charge in [-0.05, 0) is 125 Å². The smallest absolute Gasteiger partial charge is 0.0464 e. The minimum Gasteiger partial charge on any atom is -0.314 e. The van der Waals surface area contributed by atoms with Crippen molar-refractivity contribution in [2.75, 3.05) is 4.90 Å². The monoisotopic (exact) mass is 781 g/mol. The normalized spacial score (nSPS) is 16.3. The maximum absolute atomic E-state index is 2.53. The summed E-state index contributed by atoms with van der Waals surface area (Å²) in [6, 6.07) is 74.3. The summed E-state index contributed by atoms with van der Waals surface area (Å²) < 4.78 is 0. The third-order valence-electron chi connectivity index (χ3n) is 13.4. The molecule has 61 heavy (non-hydrogen) atoms. The number of anilines is 2. The molecule has 1 heteroatoms. The summed E-state index contributed by atoms with van der Waals surface area (Å²) in [5, 5.41) is 5.08. The second-order valence-corrected chi connectivity index (χ2v) is 17.3. The van der Waals surface area contributed by atoms with Gasteiger partial charge in [0.2, 0.25) is 0 Å². The summed E-state index contributed by atoms with van der Waals surface area (Å²) in [6.07, 6.45) is 6.98. The molecule has 0 aliphatic heterocycles. The van der Waals surface area contributed by atoms with Gasteiger partial charge in [0.15, 0.2) is 0 Å². The van der Waals surface area contributed by atoms with Gasteiger partial charge in [0.25, 0.3) is 0 Å². The van der Waals surface area contributed by atoms with Crippen LogP contribution in [0.2, 0.25) is 0 Å². The molecule has 0 spiro atoms. The van der Waals surface area contributed by atoms with Gasteiger partial charge in [-0.2, -0.15) is 0 Å². The van der Waals surface area contributed by atoms with E-state index in [1.54, 1.807) is 0 Å². The fourth-order valence-corrected chi connectivity index (χ4v) is 10.4. The Hall–Kier alpha value is -7.22. The molecule has 2 atom stereocenters. The molecule has 0 bridgehead atoms. The third kappa shape index (κ3) is 6.23. The Morgan fingerprint density at radius 1 is 0.426 bits per heavy atom. The van der Waals surface area contributed by atoms with Crippen molar-refractivity contribution < 1.29 is 0 Å². The van der Waals surface area contributed by atoms with Crippen LogP contribution in [0.1, 0.15) is 43.4 Å². The number of allylic oxidation sites excluding steroid dienone is 4. The average molecular weight is 782 g/mol. The van der Waals surface area contributed by atoms with E-state index in [1.807, 2.05) is 0 Å². The van der Waals surface area contributed by atoms with Crippen LogP contribution in [-0.2, 0) is 5.41 Å². The van der Waals surface area contributed by atoms with Gasteiger partial charge in [-0.25, -0.2) is 0 Å². The summed E-state index contributed by atoms with van der Waals surface area (Å²) in [4.78, 5) is 2.53. The second kappa shape index (κ2) is 14.8. The van der Waals surface area contributed by atoms with E-state index in [4.69, 9.17) is 0 Å². The van der Waals surface area contributed by atoms with E-state index < -0.39 is 0 Å². The fraction of sp³-hybridized carbons (Fsp3) is 0.100. The van der Waals surface area contributed by atoms with Crippen LogP contribution in [0.25, 0.3) is 66.1 Å². The molecule has 2 aliphatic rings. The maximum atomic E-state index is 2.53. The molecule has 0 saturated carbocycles. The van der Waals surface area contributed by atoms with Crippen molar-refractivity contribution >= 4 is 32.9 Å². The van der Waals surface area contributed by atoms with Gasteiger partial charge in [0, 0.05) is 28.4 Å². The van der Waals surface area contributed by atoms with Crippen molar-refractivity contribution in [3.63, 3.8) is 0 Å². The zero-order valence-electron chi connectivity index (χ0n) is 34.9. The minimum absolute atomic E-state index is 0.0747. The SMILES string of the molecule is CC1C=CC=C(N(c2cccc(-c3ccc4c(c3)C(C)(C)c3ccccc3-4)c2)c2cccc(-c3cccc4c3ccc3ccccc34)c2)C1c1ccccc1-c1ccccc1. The van der Waals surface area contributed by atoms with Crippen molar-refractivity contribution in [1.29, 1.82) is 0 Å². The Balaban J connectivity index is 1.09. The number of hydrogen-bond donors (Lipinski definition) is 0. The largest absolute Gasteiger partial charge is 0.314 e. The lowest BCUT2D eigenvalue weighted by atomic mass is 9.77. The number of hydrogen-bond acceptors (Lipinski definition) is 1. The summed E-state index contributed by atoms with van der Waals surface area (Å²) in [6.45, 7) is 7.09. The van der Waals surface area contributed by atoms with E-state index in [0.29, 0.717) is 0 Å². The lowest BCUT2D eigenvalue weighted by molar-refractivity contribution is 0.598. The average Bonchev–Trinajstić information content (AvgIpc) is 3.54. The van der Waals surface area contributed by atoms with Crippen molar-refractivity contribution in [3.8, 4) is 44.5 Å². The van der Waals surface area contributed by atoms with Crippen LogP contribution in [0.15, 0.2) is 224 Å². The van der Waals surface area contributed by atoms with Crippen LogP contribution < -0.4 is 4.90 Å². The Labute approximate surface area is 359 Å². The molecule has 0 heterocycles. The highest BCUT2D eigenvalue weighted by atomic mass is 15.2. The van der Waals surface area contributed by atoms with Gasteiger partial charge in [-0.1, -0.05) is 203 Å². The molecule has 0 amide bonds. The van der Waals surface area contributed by atoms with E-state index in [2.05, 4.69) is 244 Å². The van der Waals surface area contributed by atoms with Crippen LogP contribution in [0.5, 0.6) is 0 Å². The molecule has 292 valence electrons. The van der Waals surface area contributed by atoms with Gasteiger partial charge in [-0.15, -0.1) is 0 Å². The highest BCUT2D eigenvalue weighted by Gasteiger charge is 2.36. The molecule has 0 radical (unpaired) electrons. The van der Waals surface area contributed by atoms with Crippen LogP contribution in [0, 0.1) is 5.92 Å². The zero-order valence-corrected chi connectivity index (χ0v) is 34.9. The van der Waals surface area contributed by atoms with Crippen LogP contribution in [0.4, 0.5) is 11.4 Å². The van der Waals surface area contributed by atoms with Gasteiger partial charge in [0.1, 0.15) is 0 Å². The molecule has 9 aromatic carbocycles. The van der Waals surface area contributed by atoms with Crippen LogP contribution in [-0.4, -0.2) is 0 Å². The Kier molecular flexibility index (Phi) is 8.94. The molecular formula is C60H47N. The van der Waals surface area contributed by atoms with Crippen molar-refractivity contribution in [1.82, 2.24) is 0 Å². The molecule has 1 nitrogen and oxygen atoms in total. The first-order valence-corrected chi connectivity index (χ1v) is 21.6. The second-order valence-electron chi connectivity index (χ2n) is 17.3. The quantitative estimate of drug-likeness (QED) is 0.146. The summed E-state index contributed by atoms with van der Waals surface area (Å²) in [7, 11) is 0. The molecule has 0 saturated heterocycles. The third-order valence-corrected chi connectivity index (χ3v) is 13.4. The zero-order chi connectivity index (χ0) is 41.1. The molecule has 0 aromatic heterocycles. The van der Waals surface area contributed by atoms with E-state index in [0.717, 1.165) is 11.4 Å². The number of rotatable bonds is 7. The Morgan fingerprint density at radius 2 is 1.05 bits per heavy atom. The lowest BCUT2D eigenvalue weighted by Crippen LogP contribution is -2.27. The van der Waals surface area contributed by atoms with E-state index in [9.17, 15) is 0 Å². The highest BCUT2D eigenvalue weighted by Crippen LogP contribution is 2.51. The van der Waals surface area contributed by atoms with Gasteiger partial charge >= 0.3 is 0 Å². The van der Waals surface area contributed by atoms with Gasteiger partial charge < -0.3 is 4.90 Å². The van der Waals surface area contributed by atoms with Crippen molar-refractivity contribution in [2.24, 2.45) is 5.92 Å². The Morgan fingerprint density at radius 3 is 1.90 bits per heavy atom. The lowest BCUT2D eigenvalue weighted by Gasteiger charge is -2.38. The van der Waals surface area contributed by atoms with Gasteiger partial charge in [0.05, 0.1) is 0 Å². The molecular weight excluding hydrogens is 735 g/mol. The van der Waals surface area contributed by atoms with E-state index in [1.165, 1.54) is 88.4 Å². The predicted octanol–water partition coefficient (Wildman–Crippen LogP) is 16.3. The number of benzene rings is 9. The predicted molar refractivity (Wildman–Crippen MR) is 259 cm³/mol. The first-order valence-electron chi connectivity index (χ1n) is 21.6. The number of nitrogens with zero attached hydrogens (tertiary/aromatic N) is 1. The molecule has 0 N–H and O–H groups in total. The first kappa shape index (κ1) is 36.8. The van der Waals surface area contributed by atoms with Crippen LogP contribution in [0.3, 0.4) is 0 Å². The number of fused-ring (bicyclic) bond motifs is 6. The first-order chi connectivity index (χ1) is 29.9. The summed E-state index contributed by atoms with van der Waals surface area (Å²) in [5.41, 5.74) is 17.6. The standard InChI is InChI=1S/C60H47N/c1-40-17-13-32-58(59(40)55-28-10-9-26-49(55)41-18-5-4-6-19-41)61(47-24-15-22-45(38-47)50-29-16-30-51-48-25-8-7-20-42(48)33-35-52(50)51)46-23-14-21-43(37-46)44-34-36-54-53-27-11-12-31-56(53)60(2,3)57(54)39-44/h4-40,59H,1-3H3. The molecule has 9 aromatic rings. The van der Waals surface area contributed by atoms with Crippen LogP contribution >= 0.6 is 0 Å². The highest BCUT2D eigenvalue weighted by molar-refractivity contribution is 6.12. The maximum Gasteiger partial charge on any atom is 0.0464 e. The molecule has 2 aliphatic carbocycles. The molecule has 2 unspecified atom stereocenters. The van der Waals surface area contributed by atoms with E-state index >= 15 is 0 Å². The topological polar surface area (TPSA) is 3.24 Å². The fourth-order valence-electron chi connectivity index (χ4n) is 10.4. The van der Waals surface area contributed by atoms with Gasteiger partial charge in [-0.3, -0.25) is 0 Å².